The topological polar surface area (TPSA) is 101 Å². The lowest BCUT2D eigenvalue weighted by molar-refractivity contribution is 0.249. The smallest absolute Gasteiger partial charge is 0.328 e. The third-order valence-electron chi connectivity index (χ3n) is 3.22. The number of carbonyl (C=O) groups is 1. The fourth-order valence-corrected chi connectivity index (χ4v) is 2.41. The van der Waals surface area contributed by atoms with Crippen LogP contribution in [-0.4, -0.2) is 31.7 Å². The predicted octanol–water partition coefficient (Wildman–Crippen LogP) is 2.53. The number of guanidine groups is 1. The van der Waals surface area contributed by atoms with Crippen LogP contribution in [-0.2, 0) is 0 Å². The fraction of sp³-hybridized carbons (Fsp3) is 0.500. The highest BCUT2D eigenvalue weighted by Crippen LogP contribution is 2.40. The van der Waals surface area contributed by atoms with E-state index in [-0.39, 0.29) is 5.96 Å². The maximum absolute atomic E-state index is 12.3. The third kappa shape index (κ3) is 4.06. The van der Waals surface area contributed by atoms with Crippen molar-refractivity contribution in [1.29, 1.82) is 5.41 Å². The minimum absolute atomic E-state index is 0.353. The summed E-state index contributed by atoms with van der Waals surface area (Å²) in [5.41, 5.74) is 7.65. The molecule has 0 saturated carbocycles. The van der Waals surface area contributed by atoms with Crippen molar-refractivity contribution in [1.82, 2.24) is 5.32 Å². The monoisotopic (exact) mass is 322 g/mol. The Kier molecular flexibility index (Phi) is 6.68. The first-order valence-electron chi connectivity index (χ1n) is 7.70. The molecule has 1 rings (SSSR count). The van der Waals surface area contributed by atoms with Crippen molar-refractivity contribution in [2.45, 2.75) is 34.6 Å². The number of hydrogen-bond acceptors (Lipinski definition) is 4. The highest BCUT2D eigenvalue weighted by Gasteiger charge is 2.26. The predicted molar refractivity (Wildman–Crippen MR) is 91.7 cm³/mol. The highest BCUT2D eigenvalue weighted by atomic mass is 16.5. The molecule has 0 radical (unpaired) electrons. The van der Waals surface area contributed by atoms with Gasteiger partial charge in [-0.25, -0.2) is 9.69 Å². The zero-order chi connectivity index (χ0) is 17.6. The van der Waals surface area contributed by atoms with Gasteiger partial charge >= 0.3 is 6.03 Å². The van der Waals surface area contributed by atoms with Gasteiger partial charge in [0.1, 0.15) is 0 Å². The Morgan fingerprint density at radius 2 is 1.87 bits per heavy atom. The molecule has 0 heterocycles. The van der Waals surface area contributed by atoms with E-state index in [9.17, 15) is 4.79 Å². The lowest BCUT2D eigenvalue weighted by atomic mass is 10.1. The molecule has 7 heteroatoms. The number of ether oxygens (including phenoxy) is 2. The standard InChI is InChI=1S/C16H26N4O3/c1-6-19-16(21)20(15(17)18)13-10(4)9-12(22-7-2)14(11(13)5)23-8-3/h9H,6-8H2,1-5H3,(H3,17,18)(H,19,21). The average molecular weight is 322 g/mol. The van der Waals surface area contributed by atoms with Gasteiger partial charge in [-0.1, -0.05) is 0 Å². The Hall–Kier alpha value is -2.44. The van der Waals surface area contributed by atoms with E-state index in [0.717, 1.165) is 10.5 Å². The first kappa shape index (κ1) is 18.6. The second-order valence-electron chi connectivity index (χ2n) is 4.92. The van der Waals surface area contributed by atoms with Crippen LogP contribution in [0.4, 0.5) is 10.5 Å². The quantitative estimate of drug-likeness (QED) is 0.553. The lowest BCUT2D eigenvalue weighted by Gasteiger charge is -2.26. The van der Waals surface area contributed by atoms with Crippen molar-refractivity contribution in [2.24, 2.45) is 5.73 Å². The number of rotatable bonds is 6. The second kappa shape index (κ2) is 8.26. The summed E-state index contributed by atoms with van der Waals surface area (Å²) < 4.78 is 11.3. The van der Waals surface area contributed by atoms with E-state index in [4.69, 9.17) is 20.6 Å². The molecule has 23 heavy (non-hydrogen) atoms. The molecule has 0 aromatic heterocycles. The zero-order valence-electron chi connectivity index (χ0n) is 14.4. The molecule has 1 aromatic rings. The van der Waals surface area contributed by atoms with Gasteiger partial charge in [-0.2, -0.15) is 0 Å². The molecule has 0 aliphatic heterocycles. The van der Waals surface area contributed by atoms with E-state index >= 15 is 0 Å². The number of aryl methyl sites for hydroxylation is 1. The molecule has 0 unspecified atom stereocenters. The molecule has 2 amide bonds. The number of anilines is 1. The van der Waals surface area contributed by atoms with Gasteiger partial charge in [0, 0.05) is 12.1 Å². The Morgan fingerprint density at radius 3 is 2.35 bits per heavy atom. The second-order valence-corrected chi connectivity index (χ2v) is 4.92. The third-order valence-corrected chi connectivity index (χ3v) is 3.22. The minimum atomic E-state index is -0.446. The van der Waals surface area contributed by atoms with Crippen LogP contribution in [0.25, 0.3) is 0 Å². The number of urea groups is 1. The zero-order valence-corrected chi connectivity index (χ0v) is 14.4. The molecule has 0 fully saturated rings. The van der Waals surface area contributed by atoms with Gasteiger partial charge in [-0.05, 0) is 46.2 Å². The number of hydrogen-bond donors (Lipinski definition) is 3. The highest BCUT2D eigenvalue weighted by molar-refractivity contribution is 6.15. The van der Waals surface area contributed by atoms with Crippen molar-refractivity contribution >= 4 is 17.7 Å². The largest absolute Gasteiger partial charge is 0.490 e. The van der Waals surface area contributed by atoms with Crippen molar-refractivity contribution in [3.05, 3.63) is 17.2 Å². The van der Waals surface area contributed by atoms with Gasteiger partial charge in [-0.3, -0.25) is 5.41 Å². The molecule has 7 nitrogen and oxygen atoms in total. The molecular weight excluding hydrogens is 296 g/mol. The molecule has 4 N–H and O–H groups in total. The van der Waals surface area contributed by atoms with Crippen molar-refractivity contribution < 1.29 is 14.3 Å². The normalized spacial score (nSPS) is 10.1. The first-order valence-corrected chi connectivity index (χ1v) is 7.70. The summed E-state index contributed by atoms with van der Waals surface area (Å²) >= 11 is 0. The van der Waals surface area contributed by atoms with Crippen molar-refractivity contribution in [3.63, 3.8) is 0 Å². The van der Waals surface area contributed by atoms with Gasteiger partial charge in [0.05, 0.1) is 18.9 Å². The van der Waals surface area contributed by atoms with Crippen LogP contribution < -0.4 is 25.4 Å². The minimum Gasteiger partial charge on any atom is -0.490 e. The molecule has 0 bridgehead atoms. The van der Waals surface area contributed by atoms with E-state index in [1.54, 1.807) is 13.0 Å². The Labute approximate surface area is 137 Å². The van der Waals surface area contributed by atoms with E-state index in [1.165, 1.54) is 0 Å². The van der Waals surface area contributed by atoms with Crippen LogP contribution in [0.15, 0.2) is 6.07 Å². The van der Waals surface area contributed by atoms with Gasteiger partial charge in [0.15, 0.2) is 11.5 Å². The summed E-state index contributed by atoms with van der Waals surface area (Å²) in [6.07, 6.45) is 0. The molecule has 0 aliphatic carbocycles. The van der Waals surface area contributed by atoms with Crippen molar-refractivity contribution in [3.8, 4) is 11.5 Å². The summed E-state index contributed by atoms with van der Waals surface area (Å²) in [6, 6.07) is 1.35. The van der Waals surface area contributed by atoms with Crippen LogP contribution >= 0.6 is 0 Å². The van der Waals surface area contributed by atoms with E-state index in [1.807, 2.05) is 27.7 Å². The number of benzene rings is 1. The molecule has 0 spiro atoms. The molecule has 0 atom stereocenters. The first-order chi connectivity index (χ1) is 10.9. The van der Waals surface area contributed by atoms with Gasteiger partial charge < -0.3 is 20.5 Å². The summed E-state index contributed by atoms with van der Waals surface area (Å²) in [4.78, 5) is 13.4. The Morgan fingerprint density at radius 1 is 1.26 bits per heavy atom. The SMILES string of the molecule is CCNC(=O)N(C(=N)N)c1c(C)cc(OCC)c(OCC)c1C. The molecule has 0 aliphatic rings. The fourth-order valence-electron chi connectivity index (χ4n) is 2.41. The lowest BCUT2D eigenvalue weighted by Crippen LogP contribution is -2.47. The van der Waals surface area contributed by atoms with Crippen LogP contribution in [0, 0.1) is 19.3 Å². The number of nitrogens with zero attached hydrogens (tertiary/aromatic N) is 1. The molecular formula is C16H26N4O3. The maximum atomic E-state index is 12.3. The Bertz CT molecular complexity index is 587. The van der Waals surface area contributed by atoms with Crippen molar-refractivity contribution in [2.75, 3.05) is 24.7 Å². The molecule has 1 aromatic carbocycles. The van der Waals surface area contributed by atoms with Crippen LogP contribution in [0.1, 0.15) is 31.9 Å². The molecule has 0 saturated heterocycles. The Balaban J connectivity index is 3.52. The summed E-state index contributed by atoms with van der Waals surface area (Å²) in [5, 5.41) is 10.4. The van der Waals surface area contributed by atoms with Crippen LogP contribution in [0.3, 0.4) is 0 Å². The number of nitrogens with two attached hydrogens (primary N) is 1. The van der Waals surface area contributed by atoms with E-state index in [2.05, 4.69) is 5.32 Å². The number of nitrogens with one attached hydrogen (secondary N) is 2. The summed E-state index contributed by atoms with van der Waals surface area (Å²) in [6.45, 7) is 10.7. The number of carbonyl (C=O) groups excluding carboxylic acids is 1. The van der Waals surface area contributed by atoms with E-state index in [0.29, 0.717) is 42.5 Å². The van der Waals surface area contributed by atoms with Gasteiger partial charge in [-0.15, -0.1) is 0 Å². The van der Waals surface area contributed by atoms with Gasteiger partial charge in [0.2, 0.25) is 5.96 Å². The van der Waals surface area contributed by atoms with E-state index < -0.39 is 6.03 Å². The maximum Gasteiger partial charge on any atom is 0.328 e. The molecule has 128 valence electrons. The average Bonchev–Trinajstić information content (AvgIpc) is 2.47. The number of amides is 2. The summed E-state index contributed by atoms with van der Waals surface area (Å²) in [7, 11) is 0. The van der Waals surface area contributed by atoms with Crippen LogP contribution in [0.5, 0.6) is 11.5 Å². The van der Waals surface area contributed by atoms with Gasteiger partial charge in [0.25, 0.3) is 0 Å². The summed E-state index contributed by atoms with van der Waals surface area (Å²) in [5.74, 6) is 0.826. The van der Waals surface area contributed by atoms with Crippen LogP contribution in [0.2, 0.25) is 0 Å².